The highest BCUT2D eigenvalue weighted by molar-refractivity contribution is 4.85. The normalized spacial score (nSPS) is 18.4. The first-order valence-corrected chi connectivity index (χ1v) is 7.58. The lowest BCUT2D eigenvalue weighted by atomic mass is 10.0. The van der Waals surface area contributed by atoms with E-state index in [0.717, 1.165) is 17.9 Å². The predicted molar refractivity (Wildman–Crippen MR) is 76.1 cm³/mol. The minimum Gasteiger partial charge on any atom is -0.327 e. The van der Waals surface area contributed by atoms with E-state index in [1.54, 1.807) is 0 Å². The fraction of sp³-hybridized carbons (Fsp3) is 1.00. The van der Waals surface area contributed by atoms with Crippen LogP contribution in [0.3, 0.4) is 0 Å². The van der Waals surface area contributed by atoms with Crippen LogP contribution in [0.4, 0.5) is 0 Å². The molecule has 1 fully saturated rings. The fourth-order valence-corrected chi connectivity index (χ4v) is 2.77. The van der Waals surface area contributed by atoms with Crippen molar-refractivity contribution in [2.45, 2.75) is 71.9 Å². The number of hydrogen-bond acceptors (Lipinski definition) is 2. The maximum Gasteiger partial charge on any atom is 0.00901 e. The highest BCUT2D eigenvalue weighted by Gasteiger charge is 2.29. The fourth-order valence-electron chi connectivity index (χ4n) is 2.77. The van der Waals surface area contributed by atoms with Crippen LogP contribution in [0, 0.1) is 11.8 Å². The van der Waals surface area contributed by atoms with Crippen LogP contribution < -0.4 is 5.73 Å². The summed E-state index contributed by atoms with van der Waals surface area (Å²) < 4.78 is 0. The summed E-state index contributed by atoms with van der Waals surface area (Å²) in [7, 11) is 0. The van der Waals surface area contributed by atoms with Crippen molar-refractivity contribution in [1.29, 1.82) is 0 Å². The smallest absolute Gasteiger partial charge is 0.00901 e. The zero-order chi connectivity index (χ0) is 12.8. The minimum atomic E-state index is 0.457. The van der Waals surface area contributed by atoms with E-state index in [-0.39, 0.29) is 0 Å². The molecule has 1 rings (SSSR count). The average molecular weight is 240 g/mol. The average Bonchev–Trinajstić information content (AvgIpc) is 3.09. The molecule has 2 heteroatoms. The van der Waals surface area contributed by atoms with E-state index in [1.807, 2.05) is 0 Å². The van der Waals surface area contributed by atoms with Gasteiger partial charge in [0.1, 0.15) is 0 Å². The molecule has 17 heavy (non-hydrogen) atoms. The first-order chi connectivity index (χ1) is 8.08. The van der Waals surface area contributed by atoms with Crippen molar-refractivity contribution in [3.05, 3.63) is 0 Å². The first-order valence-electron chi connectivity index (χ1n) is 7.58. The van der Waals surface area contributed by atoms with Gasteiger partial charge in [0.2, 0.25) is 0 Å². The Balaban J connectivity index is 2.37. The largest absolute Gasteiger partial charge is 0.327 e. The molecule has 0 amide bonds. The van der Waals surface area contributed by atoms with Gasteiger partial charge in [0.25, 0.3) is 0 Å². The van der Waals surface area contributed by atoms with Crippen molar-refractivity contribution >= 4 is 0 Å². The molecule has 1 aliphatic rings. The van der Waals surface area contributed by atoms with Gasteiger partial charge < -0.3 is 10.6 Å². The zero-order valence-electron chi connectivity index (χ0n) is 12.3. The van der Waals surface area contributed by atoms with Gasteiger partial charge in [-0.15, -0.1) is 0 Å². The molecule has 2 nitrogen and oxygen atoms in total. The van der Waals surface area contributed by atoms with Gasteiger partial charge in [-0.1, -0.05) is 27.7 Å². The topological polar surface area (TPSA) is 29.3 Å². The highest BCUT2D eigenvalue weighted by atomic mass is 15.2. The van der Waals surface area contributed by atoms with Crippen LogP contribution in [0.25, 0.3) is 0 Å². The quantitative estimate of drug-likeness (QED) is 0.670. The van der Waals surface area contributed by atoms with Crippen LogP contribution in [-0.4, -0.2) is 30.1 Å². The molecule has 1 unspecified atom stereocenters. The standard InChI is InChI=1S/C15H32N2/c1-5-14(6-2)17(11-12(3)4)10-9-15(16)13-7-8-13/h12-15H,5-11,16H2,1-4H3. The summed E-state index contributed by atoms with van der Waals surface area (Å²) in [5, 5.41) is 0. The van der Waals surface area contributed by atoms with E-state index >= 15 is 0 Å². The molecule has 0 radical (unpaired) electrons. The summed E-state index contributed by atoms with van der Waals surface area (Å²) in [6.45, 7) is 11.7. The number of nitrogens with zero attached hydrogens (tertiary/aromatic N) is 1. The summed E-state index contributed by atoms with van der Waals surface area (Å²) in [6.07, 6.45) is 6.46. The van der Waals surface area contributed by atoms with E-state index < -0.39 is 0 Å². The SMILES string of the molecule is CCC(CC)N(CCC(N)C1CC1)CC(C)C. The number of nitrogens with two attached hydrogens (primary N) is 1. The second-order valence-corrected chi connectivity index (χ2v) is 6.15. The van der Waals surface area contributed by atoms with Gasteiger partial charge >= 0.3 is 0 Å². The Labute approximate surface area is 108 Å². The van der Waals surface area contributed by atoms with Gasteiger partial charge in [0.05, 0.1) is 0 Å². The third-order valence-electron chi connectivity index (χ3n) is 4.04. The minimum absolute atomic E-state index is 0.457. The van der Waals surface area contributed by atoms with Gasteiger partial charge in [-0.05, 0) is 50.5 Å². The molecule has 2 N–H and O–H groups in total. The van der Waals surface area contributed by atoms with Crippen molar-refractivity contribution in [3.8, 4) is 0 Å². The van der Waals surface area contributed by atoms with Crippen molar-refractivity contribution in [2.75, 3.05) is 13.1 Å². The van der Waals surface area contributed by atoms with Crippen molar-refractivity contribution < 1.29 is 0 Å². The maximum absolute atomic E-state index is 6.21. The second kappa shape index (κ2) is 7.38. The summed E-state index contributed by atoms with van der Waals surface area (Å²) in [5.41, 5.74) is 6.21. The Morgan fingerprint density at radius 1 is 1.18 bits per heavy atom. The van der Waals surface area contributed by atoms with E-state index in [2.05, 4.69) is 32.6 Å². The molecule has 0 spiro atoms. The van der Waals surface area contributed by atoms with Crippen LogP contribution in [0.5, 0.6) is 0 Å². The van der Waals surface area contributed by atoms with E-state index in [0.29, 0.717) is 6.04 Å². The van der Waals surface area contributed by atoms with E-state index in [4.69, 9.17) is 5.73 Å². The monoisotopic (exact) mass is 240 g/mol. The molecule has 0 saturated heterocycles. The van der Waals surface area contributed by atoms with Gasteiger partial charge in [0, 0.05) is 18.6 Å². The maximum atomic E-state index is 6.21. The van der Waals surface area contributed by atoms with Crippen molar-refractivity contribution in [2.24, 2.45) is 17.6 Å². The zero-order valence-corrected chi connectivity index (χ0v) is 12.3. The van der Waals surface area contributed by atoms with Crippen LogP contribution in [0.15, 0.2) is 0 Å². The lowest BCUT2D eigenvalue weighted by Crippen LogP contribution is -2.40. The molecule has 0 aromatic rings. The van der Waals surface area contributed by atoms with Gasteiger partial charge in [-0.25, -0.2) is 0 Å². The first kappa shape index (κ1) is 15.0. The lowest BCUT2D eigenvalue weighted by Gasteiger charge is -2.32. The number of hydrogen-bond donors (Lipinski definition) is 1. The second-order valence-electron chi connectivity index (χ2n) is 6.15. The molecule has 0 aromatic carbocycles. The molecule has 0 heterocycles. The molecule has 0 aliphatic heterocycles. The van der Waals surface area contributed by atoms with E-state index in [1.165, 1.54) is 45.2 Å². The van der Waals surface area contributed by atoms with Crippen LogP contribution in [0.2, 0.25) is 0 Å². The van der Waals surface area contributed by atoms with Gasteiger partial charge in [-0.3, -0.25) is 0 Å². The third kappa shape index (κ3) is 5.39. The Morgan fingerprint density at radius 2 is 1.76 bits per heavy atom. The lowest BCUT2D eigenvalue weighted by molar-refractivity contribution is 0.159. The molecule has 1 saturated carbocycles. The van der Waals surface area contributed by atoms with E-state index in [9.17, 15) is 0 Å². The Bertz CT molecular complexity index is 195. The van der Waals surface area contributed by atoms with Crippen LogP contribution in [0.1, 0.15) is 59.8 Å². The molecule has 1 aliphatic carbocycles. The highest BCUT2D eigenvalue weighted by Crippen LogP contribution is 2.33. The molecule has 1 atom stereocenters. The van der Waals surface area contributed by atoms with Crippen LogP contribution >= 0.6 is 0 Å². The summed E-state index contributed by atoms with van der Waals surface area (Å²) in [5.74, 6) is 1.60. The predicted octanol–water partition coefficient (Wildman–Crippen LogP) is 3.26. The van der Waals surface area contributed by atoms with Crippen molar-refractivity contribution in [3.63, 3.8) is 0 Å². The molecular weight excluding hydrogens is 208 g/mol. The third-order valence-corrected chi connectivity index (χ3v) is 4.04. The Morgan fingerprint density at radius 3 is 2.18 bits per heavy atom. The van der Waals surface area contributed by atoms with Crippen molar-refractivity contribution in [1.82, 2.24) is 4.90 Å². The summed E-state index contributed by atoms with van der Waals surface area (Å²) >= 11 is 0. The summed E-state index contributed by atoms with van der Waals surface area (Å²) in [4.78, 5) is 2.67. The summed E-state index contributed by atoms with van der Waals surface area (Å²) in [6, 6.07) is 1.21. The Hall–Kier alpha value is -0.0800. The molecular formula is C15H32N2. The van der Waals surface area contributed by atoms with Crippen LogP contribution in [-0.2, 0) is 0 Å². The Kier molecular flexibility index (Phi) is 6.50. The van der Waals surface area contributed by atoms with Gasteiger partial charge in [-0.2, -0.15) is 0 Å². The number of rotatable bonds is 9. The molecule has 0 bridgehead atoms. The molecule has 102 valence electrons. The molecule has 0 aromatic heterocycles. The van der Waals surface area contributed by atoms with Gasteiger partial charge in [0.15, 0.2) is 0 Å².